The quantitative estimate of drug-likeness (QED) is 0.672. The summed E-state index contributed by atoms with van der Waals surface area (Å²) in [5.41, 5.74) is 1.64. The first-order chi connectivity index (χ1) is 13.5. The third kappa shape index (κ3) is 1.75. The number of aliphatic hydroxyl groups is 1. The lowest BCUT2D eigenvalue weighted by atomic mass is 9.31. The van der Waals surface area contributed by atoms with Crippen molar-refractivity contribution in [3.8, 4) is 11.5 Å². The van der Waals surface area contributed by atoms with E-state index in [1.807, 2.05) is 6.07 Å². The van der Waals surface area contributed by atoms with Gasteiger partial charge in [-0.3, -0.25) is 0 Å². The van der Waals surface area contributed by atoms with Gasteiger partial charge in [-0.1, -0.05) is 33.8 Å². The molecule has 29 heavy (non-hydrogen) atoms. The number of piperidine rings is 1. The number of hydrogen-bond donors (Lipinski definition) is 3. The third-order valence-corrected chi connectivity index (χ3v) is 10.5. The van der Waals surface area contributed by atoms with Crippen molar-refractivity contribution in [3.63, 3.8) is 0 Å². The number of benzene rings is 1. The average molecular weight is 398 g/mol. The second kappa shape index (κ2) is 4.96. The van der Waals surface area contributed by atoms with E-state index in [0.717, 1.165) is 38.0 Å². The molecular formula is C25H35NO3. The molecule has 7 rings (SSSR count). The van der Waals surface area contributed by atoms with Crippen molar-refractivity contribution in [1.29, 1.82) is 0 Å². The Morgan fingerprint density at radius 3 is 2.62 bits per heavy atom. The Hall–Kier alpha value is -1.26. The fourth-order valence-corrected chi connectivity index (χ4v) is 8.66. The summed E-state index contributed by atoms with van der Waals surface area (Å²) in [6.45, 7) is 11.9. The van der Waals surface area contributed by atoms with E-state index in [1.54, 1.807) is 0 Å². The maximum atomic E-state index is 11.9. The first-order valence-electron chi connectivity index (χ1n) is 11.5. The summed E-state index contributed by atoms with van der Waals surface area (Å²) >= 11 is 0. The van der Waals surface area contributed by atoms with Crippen LogP contribution in [0.3, 0.4) is 0 Å². The molecule has 2 aliphatic heterocycles. The molecule has 4 bridgehead atoms. The molecule has 4 fully saturated rings. The van der Waals surface area contributed by atoms with Gasteiger partial charge in [0.1, 0.15) is 6.10 Å². The molecule has 6 aliphatic rings. The van der Waals surface area contributed by atoms with Crippen molar-refractivity contribution in [3.05, 3.63) is 23.3 Å². The number of ether oxygens (including phenoxy) is 1. The SMILES string of the molecule is CC12CCC3(CC1C(C)(O)C(C)(C)C)[C@H]1Cc4ccc(O)c5c4[C@@]3(CCN1)C2O5. The fraction of sp³-hybridized carbons (Fsp3) is 0.760. The monoisotopic (exact) mass is 397 g/mol. The minimum absolute atomic E-state index is 0.0258. The van der Waals surface area contributed by atoms with E-state index in [4.69, 9.17) is 4.74 Å². The maximum absolute atomic E-state index is 11.9. The first-order valence-corrected chi connectivity index (χ1v) is 11.5. The van der Waals surface area contributed by atoms with E-state index < -0.39 is 5.60 Å². The predicted octanol–water partition coefficient (Wildman–Crippen LogP) is 3.91. The van der Waals surface area contributed by atoms with E-state index in [-0.39, 0.29) is 33.7 Å². The van der Waals surface area contributed by atoms with Crippen molar-refractivity contribution >= 4 is 0 Å². The Balaban J connectivity index is 1.63. The second-order valence-corrected chi connectivity index (χ2v) is 12.2. The lowest BCUT2D eigenvalue weighted by Gasteiger charge is -2.74. The van der Waals surface area contributed by atoms with Crippen molar-refractivity contribution in [2.45, 2.75) is 89.9 Å². The zero-order valence-corrected chi connectivity index (χ0v) is 18.4. The molecule has 7 atom stereocenters. The van der Waals surface area contributed by atoms with Crippen LogP contribution in [0.15, 0.2) is 12.1 Å². The number of hydrogen-bond acceptors (Lipinski definition) is 4. The molecule has 4 nitrogen and oxygen atoms in total. The van der Waals surface area contributed by atoms with Gasteiger partial charge in [0.25, 0.3) is 0 Å². The van der Waals surface area contributed by atoms with Gasteiger partial charge in [-0.15, -0.1) is 0 Å². The molecule has 4 aliphatic carbocycles. The largest absolute Gasteiger partial charge is 0.504 e. The smallest absolute Gasteiger partial charge is 0.165 e. The van der Waals surface area contributed by atoms with Crippen LogP contribution in [0.5, 0.6) is 11.5 Å². The molecule has 158 valence electrons. The summed E-state index contributed by atoms with van der Waals surface area (Å²) in [6.07, 6.45) is 5.41. The Morgan fingerprint density at radius 1 is 1.14 bits per heavy atom. The van der Waals surface area contributed by atoms with Crippen LogP contribution in [0.2, 0.25) is 0 Å². The molecule has 0 radical (unpaired) electrons. The van der Waals surface area contributed by atoms with Crippen molar-refractivity contribution in [1.82, 2.24) is 5.32 Å². The van der Waals surface area contributed by atoms with Crippen LogP contribution in [0.1, 0.15) is 71.4 Å². The van der Waals surface area contributed by atoms with Crippen LogP contribution < -0.4 is 10.1 Å². The molecular weight excluding hydrogens is 362 g/mol. The zero-order valence-electron chi connectivity index (χ0n) is 18.4. The molecule has 0 amide bonds. The number of phenols is 1. The lowest BCUT2D eigenvalue weighted by Crippen LogP contribution is -2.79. The molecule has 3 N–H and O–H groups in total. The number of nitrogens with one attached hydrogen (secondary N) is 1. The minimum atomic E-state index is -0.786. The summed E-state index contributed by atoms with van der Waals surface area (Å²) in [4.78, 5) is 0. The van der Waals surface area contributed by atoms with Gasteiger partial charge in [0.05, 0.1) is 5.60 Å². The van der Waals surface area contributed by atoms with Crippen molar-refractivity contribution in [2.75, 3.05) is 6.54 Å². The topological polar surface area (TPSA) is 61.7 Å². The van der Waals surface area contributed by atoms with Crippen LogP contribution in [-0.2, 0) is 11.8 Å². The maximum Gasteiger partial charge on any atom is 0.165 e. The van der Waals surface area contributed by atoms with E-state index in [9.17, 15) is 10.2 Å². The van der Waals surface area contributed by atoms with Crippen molar-refractivity contribution in [2.24, 2.45) is 22.2 Å². The van der Waals surface area contributed by atoms with Crippen LogP contribution in [0.4, 0.5) is 0 Å². The standard InChI is InChI=1S/C25H35NO3/c1-21(2,3)23(5,28)16-13-24-9-8-22(16,4)20-25(24)10-11-26-17(24)12-14-6-7-15(27)19(29-20)18(14)25/h6-7,16-17,20,26-28H,8-13H2,1-5H3/t16?,17-,20?,22?,23?,24?,25+/m1/s1. The molecule has 4 heteroatoms. The van der Waals surface area contributed by atoms with E-state index in [1.165, 1.54) is 17.5 Å². The van der Waals surface area contributed by atoms with Gasteiger partial charge in [-0.2, -0.15) is 0 Å². The number of aromatic hydroxyl groups is 1. The Kier molecular flexibility index (Phi) is 3.17. The Bertz CT molecular complexity index is 917. The number of fused-ring (bicyclic) bond motifs is 2. The summed E-state index contributed by atoms with van der Waals surface area (Å²) in [5, 5.41) is 26.5. The predicted molar refractivity (Wildman–Crippen MR) is 112 cm³/mol. The van der Waals surface area contributed by atoms with Crippen molar-refractivity contribution < 1.29 is 14.9 Å². The van der Waals surface area contributed by atoms with E-state index >= 15 is 0 Å². The number of phenolic OH excluding ortho intramolecular Hbond substituents is 1. The average Bonchev–Trinajstić information content (AvgIpc) is 2.99. The summed E-state index contributed by atoms with van der Waals surface area (Å²) in [5.74, 6) is 1.21. The van der Waals surface area contributed by atoms with Gasteiger partial charge in [-0.05, 0) is 74.0 Å². The van der Waals surface area contributed by atoms with E-state index in [2.05, 4.69) is 46.0 Å². The lowest BCUT2D eigenvalue weighted by molar-refractivity contribution is -0.263. The summed E-state index contributed by atoms with van der Waals surface area (Å²) < 4.78 is 6.79. The molecule has 3 saturated carbocycles. The highest BCUT2D eigenvalue weighted by Crippen LogP contribution is 2.78. The zero-order chi connectivity index (χ0) is 20.6. The van der Waals surface area contributed by atoms with Crippen LogP contribution in [0, 0.1) is 22.2 Å². The van der Waals surface area contributed by atoms with Crippen LogP contribution in [-0.4, -0.2) is 34.5 Å². The van der Waals surface area contributed by atoms with Gasteiger partial charge in [0.15, 0.2) is 11.5 Å². The second-order valence-electron chi connectivity index (χ2n) is 12.2. The minimum Gasteiger partial charge on any atom is -0.504 e. The van der Waals surface area contributed by atoms with Crippen LogP contribution >= 0.6 is 0 Å². The molecule has 1 aromatic carbocycles. The molecule has 5 unspecified atom stereocenters. The van der Waals surface area contributed by atoms with Gasteiger partial charge in [0.2, 0.25) is 0 Å². The first kappa shape index (κ1) is 18.5. The van der Waals surface area contributed by atoms with Gasteiger partial charge < -0.3 is 20.3 Å². The highest BCUT2D eigenvalue weighted by atomic mass is 16.5. The summed E-state index contributed by atoms with van der Waals surface area (Å²) in [6, 6.07) is 4.37. The highest BCUT2D eigenvalue weighted by Gasteiger charge is 2.79. The van der Waals surface area contributed by atoms with E-state index in [0.29, 0.717) is 11.8 Å². The molecule has 1 saturated heterocycles. The number of rotatable bonds is 1. The Morgan fingerprint density at radius 2 is 1.90 bits per heavy atom. The normalized spacial score (nSPS) is 46.1. The molecule has 1 aromatic rings. The van der Waals surface area contributed by atoms with Crippen LogP contribution in [0.25, 0.3) is 0 Å². The van der Waals surface area contributed by atoms with Gasteiger partial charge in [-0.25, -0.2) is 0 Å². The molecule has 2 heterocycles. The fourth-order valence-electron chi connectivity index (χ4n) is 8.66. The molecule has 0 aromatic heterocycles. The Labute approximate surface area is 174 Å². The third-order valence-electron chi connectivity index (χ3n) is 10.5. The highest BCUT2D eigenvalue weighted by molar-refractivity contribution is 5.62. The summed E-state index contributed by atoms with van der Waals surface area (Å²) in [7, 11) is 0. The van der Waals surface area contributed by atoms with Gasteiger partial charge >= 0.3 is 0 Å². The molecule has 2 spiro atoms. The van der Waals surface area contributed by atoms with Gasteiger partial charge in [0, 0.05) is 22.4 Å².